The van der Waals surface area contributed by atoms with Crippen LogP contribution in [0.4, 0.5) is 5.69 Å². The highest BCUT2D eigenvalue weighted by Crippen LogP contribution is 2.48. The first-order valence-corrected chi connectivity index (χ1v) is 13.3. The number of methoxy groups -OCH3 is 1. The second-order valence-electron chi connectivity index (χ2n) is 9.66. The summed E-state index contributed by atoms with van der Waals surface area (Å²) in [6, 6.07) is 20.3. The van der Waals surface area contributed by atoms with E-state index in [1.807, 2.05) is 53.5 Å². The Morgan fingerprint density at radius 1 is 1.00 bits per heavy atom. The summed E-state index contributed by atoms with van der Waals surface area (Å²) in [6.07, 6.45) is 6.13. The van der Waals surface area contributed by atoms with Gasteiger partial charge in [0.25, 0.3) is 5.69 Å². The largest absolute Gasteiger partial charge is 0.497 e. The summed E-state index contributed by atoms with van der Waals surface area (Å²) in [5, 5.41) is 18.4. The molecular weight excluding hydrogens is 482 g/mol. The first-order chi connectivity index (χ1) is 18.6. The molecule has 5 rings (SSSR count). The zero-order valence-electron chi connectivity index (χ0n) is 21.8. The number of hydrogen-bond donors (Lipinski definition) is 0. The lowest BCUT2D eigenvalue weighted by Gasteiger charge is -2.38. The molecule has 198 valence electrons. The van der Waals surface area contributed by atoms with Crippen LogP contribution in [0.2, 0.25) is 0 Å². The number of nitrogens with zero attached hydrogens (tertiary/aromatic N) is 3. The Morgan fingerprint density at radius 3 is 2.45 bits per heavy atom. The van der Waals surface area contributed by atoms with Gasteiger partial charge in [-0.3, -0.25) is 10.1 Å². The zero-order chi connectivity index (χ0) is 26.5. The van der Waals surface area contributed by atoms with Gasteiger partial charge in [-0.2, -0.15) is 5.10 Å². The van der Waals surface area contributed by atoms with Crippen molar-refractivity contribution >= 4 is 11.4 Å². The molecule has 2 aliphatic heterocycles. The van der Waals surface area contributed by atoms with Gasteiger partial charge >= 0.3 is 0 Å². The number of ether oxygens (including phenoxy) is 3. The van der Waals surface area contributed by atoms with E-state index < -0.39 is 6.23 Å². The molecule has 2 aliphatic rings. The molecule has 2 heterocycles. The predicted octanol–water partition coefficient (Wildman–Crippen LogP) is 7.19. The smallest absolute Gasteiger partial charge is 0.270 e. The van der Waals surface area contributed by atoms with Crippen LogP contribution in [-0.4, -0.2) is 29.4 Å². The van der Waals surface area contributed by atoms with E-state index in [2.05, 4.69) is 6.92 Å². The van der Waals surface area contributed by atoms with Crippen molar-refractivity contribution in [2.24, 2.45) is 5.10 Å². The number of unbranched alkanes of at least 4 members (excludes halogenated alkanes) is 4. The molecule has 0 aromatic heterocycles. The third kappa shape index (κ3) is 5.44. The van der Waals surface area contributed by atoms with Gasteiger partial charge in [0.2, 0.25) is 6.23 Å². The number of nitro groups is 1. The van der Waals surface area contributed by atoms with Crippen molar-refractivity contribution < 1.29 is 19.1 Å². The fraction of sp³-hybridized carbons (Fsp3) is 0.367. The van der Waals surface area contributed by atoms with E-state index >= 15 is 0 Å². The molecule has 0 amide bonds. The number of benzene rings is 3. The summed E-state index contributed by atoms with van der Waals surface area (Å²) in [7, 11) is 1.64. The van der Waals surface area contributed by atoms with Gasteiger partial charge in [-0.05, 0) is 66.6 Å². The van der Waals surface area contributed by atoms with Gasteiger partial charge in [0.1, 0.15) is 17.2 Å². The van der Waals surface area contributed by atoms with Gasteiger partial charge in [0, 0.05) is 29.7 Å². The quantitative estimate of drug-likeness (QED) is 0.153. The van der Waals surface area contributed by atoms with Gasteiger partial charge in [-0.25, -0.2) is 5.01 Å². The Kier molecular flexibility index (Phi) is 7.77. The van der Waals surface area contributed by atoms with E-state index in [1.54, 1.807) is 19.2 Å². The fourth-order valence-electron chi connectivity index (χ4n) is 4.99. The fourth-order valence-corrected chi connectivity index (χ4v) is 4.99. The minimum atomic E-state index is -0.465. The highest BCUT2D eigenvalue weighted by Gasteiger charge is 2.41. The highest BCUT2D eigenvalue weighted by atomic mass is 16.6. The van der Waals surface area contributed by atoms with Crippen molar-refractivity contribution in [2.45, 2.75) is 57.7 Å². The van der Waals surface area contributed by atoms with Crippen LogP contribution in [0.3, 0.4) is 0 Å². The predicted molar refractivity (Wildman–Crippen MR) is 146 cm³/mol. The molecule has 3 aromatic carbocycles. The summed E-state index contributed by atoms with van der Waals surface area (Å²) in [5.74, 6) is 2.24. The summed E-state index contributed by atoms with van der Waals surface area (Å²) in [5.41, 5.74) is 3.63. The summed E-state index contributed by atoms with van der Waals surface area (Å²) in [4.78, 5) is 11.1. The van der Waals surface area contributed by atoms with Gasteiger partial charge in [-0.15, -0.1) is 0 Å². The first-order valence-electron chi connectivity index (χ1n) is 13.3. The van der Waals surface area contributed by atoms with E-state index in [4.69, 9.17) is 19.3 Å². The number of fused-ring (bicyclic) bond motifs is 3. The Hall–Kier alpha value is -4.07. The van der Waals surface area contributed by atoms with Gasteiger partial charge in [0.05, 0.1) is 30.4 Å². The van der Waals surface area contributed by atoms with Crippen LogP contribution in [0.15, 0.2) is 71.8 Å². The Balaban J connectivity index is 1.39. The molecular formula is C30H33N3O5. The number of nitro benzene ring substituents is 1. The topological polar surface area (TPSA) is 86.4 Å². The molecule has 8 nitrogen and oxygen atoms in total. The van der Waals surface area contributed by atoms with E-state index in [1.165, 1.54) is 31.7 Å². The summed E-state index contributed by atoms with van der Waals surface area (Å²) in [6.45, 7) is 2.92. The van der Waals surface area contributed by atoms with Gasteiger partial charge in [-0.1, -0.05) is 32.6 Å². The third-order valence-electron chi connectivity index (χ3n) is 7.09. The van der Waals surface area contributed by atoms with Crippen LogP contribution < -0.4 is 14.2 Å². The van der Waals surface area contributed by atoms with E-state index in [-0.39, 0.29) is 16.7 Å². The Morgan fingerprint density at radius 2 is 1.74 bits per heavy atom. The lowest BCUT2D eigenvalue weighted by atomic mass is 9.95. The van der Waals surface area contributed by atoms with Crippen molar-refractivity contribution in [2.75, 3.05) is 13.7 Å². The Labute approximate surface area is 223 Å². The monoisotopic (exact) mass is 515 g/mol. The lowest BCUT2D eigenvalue weighted by molar-refractivity contribution is -0.385. The summed E-state index contributed by atoms with van der Waals surface area (Å²) < 4.78 is 17.6. The minimum Gasteiger partial charge on any atom is -0.497 e. The molecule has 8 heteroatoms. The second kappa shape index (κ2) is 11.5. The molecule has 0 spiro atoms. The SMILES string of the molecule is CCCCCCCOc1ccc([C@@H]2Oc3ccc([N+](=O)[O-])cc3[C@H]3CC(c4ccc(OC)cc4)=NN32)cc1. The average molecular weight is 516 g/mol. The molecule has 2 atom stereocenters. The normalized spacial score (nSPS) is 17.7. The standard InChI is InChI=1S/C30H33N3O5/c1-3-4-5-6-7-18-37-25-15-10-22(11-16-25)30-32-28(26-19-23(33(34)35)12-17-29(26)38-30)20-27(31-32)21-8-13-24(36-2)14-9-21/h8-17,19,28,30H,3-7,18,20H2,1-2H3/t28-,30+/m1/s1. The van der Waals surface area contributed by atoms with E-state index in [0.717, 1.165) is 40.3 Å². The zero-order valence-corrected chi connectivity index (χ0v) is 21.8. The lowest BCUT2D eigenvalue weighted by Crippen LogP contribution is -2.33. The third-order valence-corrected chi connectivity index (χ3v) is 7.09. The molecule has 0 bridgehead atoms. The molecule has 0 N–H and O–H groups in total. The van der Waals surface area contributed by atoms with Crippen molar-refractivity contribution in [1.29, 1.82) is 0 Å². The van der Waals surface area contributed by atoms with Gasteiger partial charge in [0.15, 0.2) is 0 Å². The maximum absolute atomic E-state index is 11.5. The molecule has 38 heavy (non-hydrogen) atoms. The van der Waals surface area contributed by atoms with Crippen LogP contribution in [0.5, 0.6) is 17.2 Å². The highest BCUT2D eigenvalue weighted by molar-refractivity contribution is 6.02. The molecule has 0 saturated carbocycles. The van der Waals surface area contributed by atoms with Crippen molar-refractivity contribution in [3.63, 3.8) is 0 Å². The molecule has 0 radical (unpaired) electrons. The number of rotatable bonds is 11. The Bertz CT molecular complexity index is 1290. The van der Waals surface area contributed by atoms with E-state index in [9.17, 15) is 10.1 Å². The molecule has 0 aliphatic carbocycles. The van der Waals surface area contributed by atoms with Gasteiger partial charge < -0.3 is 14.2 Å². The summed E-state index contributed by atoms with van der Waals surface area (Å²) >= 11 is 0. The number of hydrazone groups is 1. The average Bonchev–Trinajstić information content (AvgIpc) is 3.40. The molecule has 0 fully saturated rings. The molecule has 0 saturated heterocycles. The van der Waals surface area contributed by atoms with E-state index in [0.29, 0.717) is 18.8 Å². The molecule has 3 aromatic rings. The van der Waals surface area contributed by atoms with Crippen molar-refractivity contribution in [3.8, 4) is 17.2 Å². The minimum absolute atomic E-state index is 0.0415. The maximum Gasteiger partial charge on any atom is 0.270 e. The van der Waals surface area contributed by atoms with Crippen LogP contribution in [0.25, 0.3) is 0 Å². The number of non-ortho nitro benzene ring substituents is 1. The first kappa shape index (κ1) is 25.6. The molecule has 0 unspecified atom stereocenters. The van der Waals surface area contributed by atoms with Crippen LogP contribution in [0.1, 0.15) is 74.4 Å². The van der Waals surface area contributed by atoms with Crippen LogP contribution in [0, 0.1) is 10.1 Å². The van der Waals surface area contributed by atoms with Crippen molar-refractivity contribution in [3.05, 3.63) is 93.5 Å². The van der Waals surface area contributed by atoms with Crippen LogP contribution in [-0.2, 0) is 0 Å². The van der Waals surface area contributed by atoms with Crippen molar-refractivity contribution in [1.82, 2.24) is 5.01 Å². The van der Waals surface area contributed by atoms with Crippen LogP contribution >= 0.6 is 0 Å². The maximum atomic E-state index is 11.5. The number of hydrogen-bond acceptors (Lipinski definition) is 7. The second-order valence-corrected chi connectivity index (χ2v) is 9.66.